The molecule has 94 heavy (non-hydrogen) atoms. The average Bonchev–Trinajstić information content (AvgIpc) is 1.67. The highest BCUT2D eigenvalue weighted by Gasteiger charge is 2.30. The van der Waals surface area contributed by atoms with Gasteiger partial charge in [0.25, 0.3) is 0 Å². The Balaban J connectivity index is 5.34. The van der Waals surface area contributed by atoms with Crippen LogP contribution in [0.25, 0.3) is 0 Å². The maximum absolute atomic E-state index is 13.0. The quantitative estimate of drug-likeness (QED) is 0.0169. The zero-order valence-electron chi connectivity index (χ0n) is 59.1. The van der Waals surface area contributed by atoms with E-state index >= 15 is 0 Å². The molecule has 0 rings (SSSR count). The van der Waals surface area contributed by atoms with Crippen molar-refractivity contribution in [1.82, 2.24) is 0 Å². The summed E-state index contributed by atoms with van der Waals surface area (Å²) in [6.45, 7) is 4.60. The molecule has 0 radical (unpaired) electrons. The molecule has 3 N–H and O–H groups in total. The summed E-state index contributed by atoms with van der Waals surface area (Å²) in [4.78, 5) is 72.7. The highest BCUT2D eigenvalue weighted by atomic mass is 31.2. The molecule has 0 aliphatic rings. The number of aliphatic hydroxyl groups excluding tert-OH is 1. The number of hydrogen-bond acceptors (Lipinski definition) is 15. The summed E-state index contributed by atoms with van der Waals surface area (Å²) in [5.41, 5.74) is 0. The molecule has 5 atom stereocenters. The van der Waals surface area contributed by atoms with Crippen molar-refractivity contribution in [2.45, 2.75) is 329 Å². The molecule has 544 valence electrons. The molecule has 0 saturated heterocycles. The molecule has 0 bridgehead atoms. The molecule has 0 aliphatic carbocycles. The monoisotopic (exact) mass is 1370 g/mol. The van der Waals surface area contributed by atoms with Crippen molar-refractivity contribution in [1.29, 1.82) is 0 Å². The van der Waals surface area contributed by atoms with Crippen molar-refractivity contribution in [2.75, 3.05) is 39.6 Å². The lowest BCUT2D eigenvalue weighted by molar-refractivity contribution is -0.161. The first-order valence-corrected chi connectivity index (χ1v) is 39.8. The number of aliphatic hydroxyl groups is 1. The number of phosphoric acid groups is 2. The predicted octanol–water partition coefficient (Wildman–Crippen LogP) is 20.7. The molecule has 0 amide bonds. The third kappa shape index (κ3) is 66.8. The molecule has 0 aliphatic heterocycles. The van der Waals surface area contributed by atoms with Gasteiger partial charge in [-0.25, -0.2) is 9.13 Å². The minimum Gasteiger partial charge on any atom is -0.462 e. The fraction of sp³-hybridized carbons (Fsp3) is 0.760. The van der Waals surface area contributed by atoms with Gasteiger partial charge in [0.2, 0.25) is 0 Å². The molecule has 0 aromatic rings. The van der Waals surface area contributed by atoms with Gasteiger partial charge in [-0.1, -0.05) is 260 Å². The van der Waals surface area contributed by atoms with Crippen molar-refractivity contribution in [2.24, 2.45) is 0 Å². The molecule has 19 heteroatoms. The van der Waals surface area contributed by atoms with Crippen molar-refractivity contribution in [3.63, 3.8) is 0 Å². The summed E-state index contributed by atoms with van der Waals surface area (Å²) >= 11 is 0. The van der Waals surface area contributed by atoms with Gasteiger partial charge >= 0.3 is 39.5 Å². The van der Waals surface area contributed by atoms with Crippen LogP contribution >= 0.6 is 15.6 Å². The Bertz CT molecular complexity index is 2120. The van der Waals surface area contributed by atoms with Gasteiger partial charge in [-0.05, 0) is 109 Å². The molecule has 0 saturated carbocycles. The summed E-state index contributed by atoms with van der Waals surface area (Å²) in [5, 5.41) is 10.6. The van der Waals surface area contributed by atoms with Gasteiger partial charge in [-0.2, -0.15) is 0 Å². The smallest absolute Gasteiger partial charge is 0.462 e. The minimum atomic E-state index is -4.97. The Morgan fingerprint density at radius 3 is 0.894 bits per heavy atom. The normalized spacial score (nSPS) is 14.5. The number of ether oxygens (including phenoxy) is 4. The van der Waals surface area contributed by atoms with E-state index < -0.39 is 97.5 Å². The van der Waals surface area contributed by atoms with E-state index in [1.165, 1.54) is 51.4 Å². The van der Waals surface area contributed by atoms with Crippen LogP contribution in [0.4, 0.5) is 0 Å². The fourth-order valence-corrected chi connectivity index (χ4v) is 11.3. The summed E-state index contributed by atoms with van der Waals surface area (Å²) in [6.07, 6.45) is 67.2. The fourth-order valence-electron chi connectivity index (χ4n) is 9.72. The largest absolute Gasteiger partial charge is 0.472 e. The maximum Gasteiger partial charge on any atom is 0.472 e. The van der Waals surface area contributed by atoms with E-state index in [0.29, 0.717) is 25.7 Å². The van der Waals surface area contributed by atoms with E-state index in [4.69, 9.17) is 37.0 Å². The first-order valence-electron chi connectivity index (χ1n) is 36.8. The number of esters is 4. The number of carbonyl (C=O) groups is 4. The Morgan fingerprint density at radius 1 is 0.309 bits per heavy atom. The van der Waals surface area contributed by atoms with Crippen molar-refractivity contribution in [3.8, 4) is 0 Å². The molecule has 0 aromatic carbocycles. The van der Waals surface area contributed by atoms with Crippen molar-refractivity contribution < 1.29 is 80.2 Å². The highest BCUT2D eigenvalue weighted by molar-refractivity contribution is 7.47. The molecular weight excluding hydrogens is 1230 g/mol. The topological polar surface area (TPSA) is 237 Å². The molecule has 17 nitrogen and oxygen atoms in total. The average molecular weight is 1370 g/mol. The number of carbonyl (C=O) groups excluding carboxylic acids is 4. The van der Waals surface area contributed by atoms with E-state index in [0.717, 1.165) is 180 Å². The zero-order chi connectivity index (χ0) is 69.0. The molecule has 0 heterocycles. The third-order valence-electron chi connectivity index (χ3n) is 15.3. The summed E-state index contributed by atoms with van der Waals surface area (Å²) < 4.78 is 68.3. The van der Waals surface area contributed by atoms with E-state index in [9.17, 15) is 43.2 Å². The van der Waals surface area contributed by atoms with E-state index in [2.05, 4.69) is 113 Å². The van der Waals surface area contributed by atoms with Crippen molar-refractivity contribution in [3.05, 3.63) is 85.1 Å². The van der Waals surface area contributed by atoms with Crippen LogP contribution < -0.4 is 0 Å². The summed E-state index contributed by atoms with van der Waals surface area (Å²) in [7, 11) is -9.94. The molecule has 0 fully saturated rings. The third-order valence-corrected chi connectivity index (χ3v) is 17.2. The number of unbranched alkanes of at least 4 members (excludes halogenated alkanes) is 29. The van der Waals surface area contributed by atoms with Gasteiger partial charge in [0, 0.05) is 25.7 Å². The van der Waals surface area contributed by atoms with Gasteiger partial charge in [-0.15, -0.1) is 0 Å². The maximum atomic E-state index is 13.0. The molecule has 0 spiro atoms. The lowest BCUT2D eigenvalue weighted by Crippen LogP contribution is -2.30. The SMILES string of the molecule is CC/C=C\C/C=C\C/C=C\CCCCCCCC(=O)OCC(COP(=O)(O)OCC(O)COP(=O)(O)OCC(COC(=O)CCCCCCC/C=C\C/C=C\CCC)OC(=O)CCCCCCC/C=C\C/C=C\CCC)OC(=O)CCCCCCCCCCCCCCC. The lowest BCUT2D eigenvalue weighted by Gasteiger charge is -2.21. The van der Waals surface area contributed by atoms with Gasteiger partial charge in [-0.3, -0.25) is 37.3 Å². The first-order chi connectivity index (χ1) is 45.7. The van der Waals surface area contributed by atoms with Gasteiger partial charge in [0.15, 0.2) is 12.2 Å². The van der Waals surface area contributed by atoms with Crippen LogP contribution in [0.1, 0.15) is 310 Å². The zero-order valence-corrected chi connectivity index (χ0v) is 60.9. The van der Waals surface area contributed by atoms with E-state index in [1.807, 2.05) is 0 Å². The number of allylic oxidation sites excluding steroid dienone is 14. The number of hydrogen-bond donors (Lipinski definition) is 3. The van der Waals surface area contributed by atoms with Gasteiger partial charge < -0.3 is 33.8 Å². The van der Waals surface area contributed by atoms with E-state index in [1.54, 1.807) is 0 Å². The molecular formula is C75H132O17P2. The second kappa shape index (κ2) is 67.8. The Kier molecular flexibility index (Phi) is 65.1. The second-order valence-corrected chi connectivity index (χ2v) is 27.4. The predicted molar refractivity (Wildman–Crippen MR) is 381 cm³/mol. The van der Waals surface area contributed by atoms with Crippen LogP contribution in [0.2, 0.25) is 0 Å². The Hall–Kier alpha value is -3.76. The molecule has 5 unspecified atom stereocenters. The number of rotatable bonds is 69. The summed E-state index contributed by atoms with van der Waals surface area (Å²) in [6, 6.07) is 0. The second-order valence-electron chi connectivity index (χ2n) is 24.5. The van der Waals surface area contributed by atoms with Crippen molar-refractivity contribution >= 4 is 39.5 Å². The van der Waals surface area contributed by atoms with Crippen LogP contribution in [0.15, 0.2) is 85.1 Å². The van der Waals surface area contributed by atoms with Crippen LogP contribution in [-0.4, -0.2) is 96.7 Å². The Morgan fingerprint density at radius 2 is 0.574 bits per heavy atom. The molecule has 0 aromatic heterocycles. The van der Waals surface area contributed by atoms with Crippen LogP contribution in [0.3, 0.4) is 0 Å². The Labute approximate surface area is 570 Å². The lowest BCUT2D eigenvalue weighted by atomic mass is 10.0. The highest BCUT2D eigenvalue weighted by Crippen LogP contribution is 2.45. The van der Waals surface area contributed by atoms with Crippen LogP contribution in [-0.2, 0) is 65.4 Å². The van der Waals surface area contributed by atoms with Gasteiger partial charge in [0.1, 0.15) is 19.3 Å². The van der Waals surface area contributed by atoms with E-state index in [-0.39, 0.29) is 25.7 Å². The standard InChI is InChI=1S/C75H132O17P2/c1-5-9-13-17-21-25-29-33-34-38-40-44-48-52-56-60-73(78)86-66-71(92-75(80)62-58-54-50-46-42-37-32-28-24-20-16-12-8-4)68-90-94(83,84)88-64-69(76)63-87-93(81,82)89-67-70(91-74(79)61-57-53-49-45-41-36-31-27-23-19-15-11-7-3)65-85-72(77)59-55-51-47-43-39-35-30-26-22-18-14-10-6-2/h9,13-15,18-19,21,25-27,30-31,33-34,69-71,76H,5-8,10-12,16-17,20,22-24,28-29,32,35-68H2,1-4H3,(H,81,82)(H,83,84)/b13-9-,18-14-,19-15-,25-21-,30-26-,31-27-,34-33-. The minimum absolute atomic E-state index is 0.0766. The van der Waals surface area contributed by atoms with Crippen LogP contribution in [0, 0.1) is 0 Å². The number of phosphoric ester groups is 2. The first kappa shape index (κ1) is 90.2. The van der Waals surface area contributed by atoms with Crippen LogP contribution in [0.5, 0.6) is 0 Å². The summed E-state index contributed by atoms with van der Waals surface area (Å²) in [5.74, 6) is -2.21. The van der Waals surface area contributed by atoms with Gasteiger partial charge in [0.05, 0.1) is 26.4 Å².